The number of esters is 1. The molecule has 7 heteroatoms. The highest BCUT2D eigenvalue weighted by Crippen LogP contribution is 2.09. The Morgan fingerprint density at radius 1 is 1.07 bits per heavy atom. The van der Waals surface area contributed by atoms with E-state index in [2.05, 4.69) is 12.2 Å². The zero-order chi connectivity index (χ0) is 23.2. The molecule has 1 aromatic rings. The fourth-order valence-electron chi connectivity index (χ4n) is 2.07. The van der Waals surface area contributed by atoms with Gasteiger partial charge in [0.15, 0.2) is 0 Å². The molecule has 0 saturated heterocycles. The van der Waals surface area contributed by atoms with E-state index in [9.17, 15) is 9.59 Å². The van der Waals surface area contributed by atoms with Gasteiger partial charge < -0.3 is 24.3 Å². The summed E-state index contributed by atoms with van der Waals surface area (Å²) >= 11 is 0. The van der Waals surface area contributed by atoms with Crippen LogP contribution in [0.5, 0.6) is 5.75 Å². The molecule has 0 unspecified atom stereocenters. The molecule has 1 aromatic carbocycles. The van der Waals surface area contributed by atoms with Gasteiger partial charge in [0.1, 0.15) is 23.5 Å². The molecule has 0 radical (unpaired) electrons. The van der Waals surface area contributed by atoms with Gasteiger partial charge in [-0.3, -0.25) is 0 Å². The largest absolute Gasteiger partial charge is 0.497 e. The van der Waals surface area contributed by atoms with Gasteiger partial charge in [-0.1, -0.05) is 24.6 Å². The van der Waals surface area contributed by atoms with Crippen molar-refractivity contribution in [3.05, 3.63) is 29.8 Å². The Bertz CT molecular complexity index is 609. The van der Waals surface area contributed by atoms with Crippen LogP contribution in [0.25, 0.3) is 0 Å². The SMILES string of the molecule is CCCOCC[C@H](C)OC(=O)[C@H](C)NC(=O)OC(C)(C)C.COc1ccc(C)cc1. The number of benzene rings is 1. The zero-order valence-electron chi connectivity index (χ0n) is 19.7. The number of amides is 1. The Morgan fingerprint density at radius 3 is 2.17 bits per heavy atom. The minimum absolute atomic E-state index is 0.253. The van der Waals surface area contributed by atoms with Crippen molar-refractivity contribution in [3.8, 4) is 5.75 Å². The summed E-state index contributed by atoms with van der Waals surface area (Å²) < 4.78 is 20.6. The quantitative estimate of drug-likeness (QED) is 0.458. The summed E-state index contributed by atoms with van der Waals surface area (Å²) in [5.41, 5.74) is 0.660. The van der Waals surface area contributed by atoms with Crippen LogP contribution in [-0.2, 0) is 19.0 Å². The number of ether oxygens (including phenoxy) is 4. The van der Waals surface area contributed by atoms with E-state index >= 15 is 0 Å². The highest BCUT2D eigenvalue weighted by atomic mass is 16.6. The Morgan fingerprint density at radius 2 is 1.67 bits per heavy atom. The van der Waals surface area contributed by atoms with Gasteiger partial charge in [0.25, 0.3) is 0 Å². The van der Waals surface area contributed by atoms with E-state index in [-0.39, 0.29) is 6.10 Å². The Hall–Kier alpha value is -2.28. The lowest BCUT2D eigenvalue weighted by Gasteiger charge is -2.22. The molecular weight excluding hydrogens is 386 g/mol. The first-order valence-electron chi connectivity index (χ1n) is 10.4. The van der Waals surface area contributed by atoms with Gasteiger partial charge in [0, 0.05) is 13.0 Å². The molecule has 172 valence electrons. The molecule has 0 spiro atoms. The van der Waals surface area contributed by atoms with Crippen LogP contribution >= 0.6 is 0 Å². The maximum atomic E-state index is 11.8. The maximum Gasteiger partial charge on any atom is 0.408 e. The first-order chi connectivity index (χ1) is 14.0. The summed E-state index contributed by atoms with van der Waals surface area (Å²) in [5.74, 6) is 0.435. The topological polar surface area (TPSA) is 83.1 Å². The minimum Gasteiger partial charge on any atom is -0.497 e. The molecule has 2 atom stereocenters. The molecule has 7 nitrogen and oxygen atoms in total. The Labute approximate surface area is 181 Å². The summed E-state index contributed by atoms with van der Waals surface area (Å²) in [5, 5.41) is 2.45. The monoisotopic (exact) mass is 425 g/mol. The predicted molar refractivity (Wildman–Crippen MR) is 118 cm³/mol. The van der Waals surface area contributed by atoms with E-state index < -0.39 is 23.7 Å². The molecule has 0 saturated carbocycles. The molecule has 0 aliphatic heterocycles. The second-order valence-corrected chi connectivity index (χ2v) is 8.03. The van der Waals surface area contributed by atoms with Crippen LogP contribution in [0, 0.1) is 6.92 Å². The lowest BCUT2D eigenvalue weighted by molar-refractivity contribution is -0.151. The maximum absolute atomic E-state index is 11.8. The molecule has 30 heavy (non-hydrogen) atoms. The zero-order valence-corrected chi connectivity index (χ0v) is 19.7. The van der Waals surface area contributed by atoms with E-state index in [0.29, 0.717) is 19.6 Å². The van der Waals surface area contributed by atoms with Gasteiger partial charge in [0.05, 0.1) is 13.7 Å². The van der Waals surface area contributed by atoms with Crippen LogP contribution in [0.15, 0.2) is 24.3 Å². The van der Waals surface area contributed by atoms with E-state index in [4.69, 9.17) is 18.9 Å². The summed E-state index contributed by atoms with van der Waals surface area (Å²) in [4.78, 5) is 23.4. The van der Waals surface area contributed by atoms with E-state index in [1.54, 1.807) is 41.7 Å². The minimum atomic E-state index is -0.751. The number of methoxy groups -OCH3 is 1. The van der Waals surface area contributed by atoms with Gasteiger partial charge >= 0.3 is 12.1 Å². The van der Waals surface area contributed by atoms with E-state index in [1.807, 2.05) is 31.2 Å². The first-order valence-corrected chi connectivity index (χ1v) is 10.4. The average molecular weight is 426 g/mol. The molecule has 0 bridgehead atoms. The van der Waals surface area contributed by atoms with Crippen LogP contribution in [0.4, 0.5) is 4.79 Å². The third kappa shape index (κ3) is 14.7. The van der Waals surface area contributed by atoms with Crippen LogP contribution in [0.1, 0.15) is 59.9 Å². The number of carbonyl (C=O) groups is 2. The lowest BCUT2D eigenvalue weighted by atomic mass is 10.2. The number of hydrogen-bond donors (Lipinski definition) is 1. The van der Waals surface area contributed by atoms with E-state index in [1.165, 1.54) is 5.56 Å². The highest BCUT2D eigenvalue weighted by Gasteiger charge is 2.23. The van der Waals surface area contributed by atoms with Crippen LogP contribution in [0.3, 0.4) is 0 Å². The average Bonchev–Trinajstić information content (AvgIpc) is 2.64. The Kier molecular flexibility index (Phi) is 13.5. The number of carbonyl (C=O) groups excluding carboxylic acids is 2. The van der Waals surface area contributed by atoms with Gasteiger partial charge in [-0.15, -0.1) is 0 Å². The standard InChI is InChI=1S/C15H29NO5.C8H10O/c1-7-9-19-10-8-11(2)20-13(17)12(3)16-14(18)21-15(4,5)6;1-7-3-5-8(9-2)6-4-7/h11-12H,7-10H2,1-6H3,(H,16,18);3-6H,1-2H3/t11-,12-;/m0./s1. The molecule has 0 aliphatic carbocycles. The predicted octanol–water partition coefficient (Wildman–Crippen LogP) is 4.65. The molecule has 0 fully saturated rings. The third-order valence-electron chi connectivity index (χ3n) is 3.68. The molecule has 1 amide bonds. The van der Waals surface area contributed by atoms with Crippen molar-refractivity contribution in [2.24, 2.45) is 0 Å². The van der Waals surface area contributed by atoms with Crippen molar-refractivity contribution in [1.82, 2.24) is 5.32 Å². The highest BCUT2D eigenvalue weighted by molar-refractivity contribution is 5.81. The number of nitrogens with one attached hydrogen (secondary N) is 1. The van der Waals surface area contributed by atoms with Gasteiger partial charge in [-0.05, 0) is 60.1 Å². The van der Waals surface area contributed by atoms with Gasteiger partial charge in [-0.25, -0.2) is 9.59 Å². The molecule has 0 heterocycles. The first kappa shape index (κ1) is 27.7. The Balaban J connectivity index is 0.000000769. The van der Waals surface area contributed by atoms with Gasteiger partial charge in [-0.2, -0.15) is 0 Å². The molecule has 0 aliphatic rings. The lowest BCUT2D eigenvalue weighted by Crippen LogP contribution is -2.43. The molecule has 1 rings (SSSR count). The summed E-state index contributed by atoms with van der Waals surface area (Å²) in [6.07, 6.45) is 0.707. The summed E-state index contributed by atoms with van der Waals surface area (Å²) in [6, 6.07) is 7.21. The van der Waals surface area contributed by atoms with Crippen molar-refractivity contribution in [2.75, 3.05) is 20.3 Å². The van der Waals surface area contributed by atoms with Crippen molar-refractivity contribution in [2.45, 2.75) is 79.1 Å². The van der Waals surface area contributed by atoms with Crippen LogP contribution < -0.4 is 10.1 Å². The number of alkyl carbamates (subject to hydrolysis) is 1. The van der Waals surface area contributed by atoms with Crippen molar-refractivity contribution < 1.29 is 28.5 Å². The molecule has 0 aromatic heterocycles. The number of hydrogen-bond acceptors (Lipinski definition) is 6. The van der Waals surface area contributed by atoms with Crippen molar-refractivity contribution in [3.63, 3.8) is 0 Å². The van der Waals surface area contributed by atoms with Crippen LogP contribution in [-0.4, -0.2) is 50.1 Å². The molecular formula is C23H39NO6. The second-order valence-electron chi connectivity index (χ2n) is 8.03. The fraction of sp³-hybridized carbons (Fsp3) is 0.652. The van der Waals surface area contributed by atoms with Crippen molar-refractivity contribution >= 4 is 12.1 Å². The fourth-order valence-corrected chi connectivity index (χ4v) is 2.07. The summed E-state index contributed by atoms with van der Waals surface area (Å²) in [7, 11) is 1.67. The third-order valence-corrected chi connectivity index (χ3v) is 3.68. The second kappa shape index (κ2) is 14.7. The van der Waals surface area contributed by atoms with Crippen molar-refractivity contribution in [1.29, 1.82) is 0 Å². The smallest absolute Gasteiger partial charge is 0.408 e. The number of aryl methyl sites for hydroxylation is 1. The van der Waals surface area contributed by atoms with Gasteiger partial charge in [0.2, 0.25) is 0 Å². The molecule has 1 N–H and O–H groups in total. The van der Waals surface area contributed by atoms with Crippen LogP contribution in [0.2, 0.25) is 0 Å². The summed E-state index contributed by atoms with van der Waals surface area (Å²) in [6.45, 7) is 14.0. The normalized spacial score (nSPS) is 12.7. The number of rotatable bonds is 9. The van der Waals surface area contributed by atoms with E-state index in [0.717, 1.165) is 12.2 Å².